The van der Waals surface area contributed by atoms with Crippen LogP contribution in [0.1, 0.15) is 0 Å². The Morgan fingerprint density at radius 1 is 1.23 bits per heavy atom. The third-order valence-electron chi connectivity index (χ3n) is 3.77. The monoisotopic (exact) mass is 433 g/mol. The average Bonchev–Trinajstić information content (AvgIpc) is 2.65. The number of carbonyl (C=O) groups excluding carboxylic acids is 1. The van der Waals surface area contributed by atoms with Crippen LogP contribution in [0, 0.1) is 0 Å². The molecule has 3 aromatic rings. The van der Waals surface area contributed by atoms with E-state index in [0.29, 0.717) is 18.2 Å². The van der Waals surface area contributed by atoms with Gasteiger partial charge in [0.1, 0.15) is 12.1 Å². The van der Waals surface area contributed by atoms with Crippen LogP contribution in [-0.4, -0.2) is 35.5 Å². The number of benzene rings is 2. The number of alkyl halides is 1. The number of halogens is 2. The van der Waals surface area contributed by atoms with E-state index < -0.39 is 0 Å². The second-order valence-corrected chi connectivity index (χ2v) is 6.83. The molecule has 0 radical (unpaired) electrons. The second kappa shape index (κ2) is 8.33. The van der Waals surface area contributed by atoms with E-state index in [-0.39, 0.29) is 6.03 Å². The summed E-state index contributed by atoms with van der Waals surface area (Å²) in [7, 11) is 1.70. The van der Waals surface area contributed by atoms with Crippen LogP contribution in [0.2, 0.25) is 0 Å². The van der Waals surface area contributed by atoms with Gasteiger partial charge in [0, 0.05) is 40.7 Å². The first-order valence-corrected chi connectivity index (χ1v) is 9.26. The summed E-state index contributed by atoms with van der Waals surface area (Å²) >= 11 is 9.08. The number of carbonyl (C=O) groups is 1. The number of amides is 2. The molecule has 0 atom stereocenters. The molecule has 0 saturated carbocycles. The topological polar surface area (TPSA) is 70.2 Å². The molecule has 2 amide bonds. The van der Waals surface area contributed by atoms with E-state index in [9.17, 15) is 4.79 Å². The molecule has 0 aliphatic carbocycles. The molecule has 2 aromatic carbocycles. The fourth-order valence-corrected chi connectivity index (χ4v) is 2.94. The van der Waals surface area contributed by atoms with E-state index in [4.69, 9.17) is 11.6 Å². The Labute approximate surface area is 164 Å². The predicted molar refractivity (Wildman–Crippen MR) is 109 cm³/mol. The van der Waals surface area contributed by atoms with Gasteiger partial charge in [-0.15, -0.1) is 11.6 Å². The van der Waals surface area contributed by atoms with Gasteiger partial charge in [0.15, 0.2) is 0 Å². The molecule has 1 aromatic heterocycles. The standard InChI is InChI=1S/C18H17BrClN5O/c1-25(18(26)21-8-7-20)14-5-6-16-15(10-14)17(23-11-22-16)24-13-4-2-3-12(19)9-13/h2-6,9-11H,7-8H2,1H3,(H,21,26)(H,22,23,24). The fourth-order valence-electron chi connectivity index (χ4n) is 2.45. The molecule has 0 spiro atoms. The van der Waals surface area contributed by atoms with Crippen molar-refractivity contribution in [2.75, 3.05) is 29.7 Å². The van der Waals surface area contributed by atoms with Gasteiger partial charge in [-0.3, -0.25) is 4.90 Å². The van der Waals surface area contributed by atoms with Crippen molar-refractivity contribution in [1.82, 2.24) is 15.3 Å². The highest BCUT2D eigenvalue weighted by molar-refractivity contribution is 9.10. The predicted octanol–water partition coefficient (Wildman–Crippen LogP) is 4.52. The first-order valence-electron chi connectivity index (χ1n) is 7.93. The highest BCUT2D eigenvalue weighted by Crippen LogP contribution is 2.28. The van der Waals surface area contributed by atoms with E-state index in [1.807, 2.05) is 42.5 Å². The molecule has 0 bridgehead atoms. The molecule has 0 aliphatic rings. The van der Waals surface area contributed by atoms with Crippen molar-refractivity contribution in [3.05, 3.63) is 53.3 Å². The zero-order valence-corrected chi connectivity index (χ0v) is 16.4. The van der Waals surface area contributed by atoms with E-state index in [1.165, 1.54) is 11.2 Å². The molecule has 0 saturated heterocycles. The number of nitrogens with one attached hydrogen (secondary N) is 2. The zero-order chi connectivity index (χ0) is 18.5. The van der Waals surface area contributed by atoms with Crippen molar-refractivity contribution in [1.29, 1.82) is 0 Å². The second-order valence-electron chi connectivity index (χ2n) is 5.54. The summed E-state index contributed by atoms with van der Waals surface area (Å²) in [5.41, 5.74) is 2.42. The van der Waals surface area contributed by atoms with Crippen molar-refractivity contribution in [3.63, 3.8) is 0 Å². The molecule has 1 heterocycles. The quantitative estimate of drug-likeness (QED) is 0.579. The highest BCUT2D eigenvalue weighted by atomic mass is 79.9. The van der Waals surface area contributed by atoms with Gasteiger partial charge in [0.25, 0.3) is 0 Å². The van der Waals surface area contributed by atoms with Gasteiger partial charge in [-0.25, -0.2) is 14.8 Å². The Bertz CT molecular complexity index is 936. The van der Waals surface area contributed by atoms with Crippen LogP contribution < -0.4 is 15.5 Å². The maximum atomic E-state index is 12.2. The molecule has 0 unspecified atom stereocenters. The number of urea groups is 1. The molecule has 0 fully saturated rings. The lowest BCUT2D eigenvalue weighted by molar-refractivity contribution is 0.248. The van der Waals surface area contributed by atoms with Gasteiger partial charge in [0.2, 0.25) is 0 Å². The third kappa shape index (κ3) is 4.23. The minimum Gasteiger partial charge on any atom is -0.340 e. The minimum absolute atomic E-state index is 0.219. The first-order chi connectivity index (χ1) is 12.6. The van der Waals surface area contributed by atoms with Crippen LogP contribution in [-0.2, 0) is 0 Å². The van der Waals surface area contributed by atoms with Crippen LogP contribution in [0.15, 0.2) is 53.3 Å². The molecule has 0 aliphatic heterocycles. The number of rotatable bonds is 5. The lowest BCUT2D eigenvalue weighted by Gasteiger charge is -2.18. The van der Waals surface area contributed by atoms with Crippen LogP contribution in [0.4, 0.5) is 22.0 Å². The molecule has 6 nitrogen and oxygen atoms in total. The summed E-state index contributed by atoms with van der Waals surface area (Å²) in [6.45, 7) is 0.414. The summed E-state index contributed by atoms with van der Waals surface area (Å²) < 4.78 is 0.970. The number of hydrogen-bond donors (Lipinski definition) is 2. The summed E-state index contributed by atoms with van der Waals surface area (Å²) in [6, 6.07) is 13.2. The summed E-state index contributed by atoms with van der Waals surface area (Å²) in [5, 5.41) is 6.86. The van der Waals surface area contributed by atoms with Crippen molar-refractivity contribution < 1.29 is 4.79 Å². The van der Waals surface area contributed by atoms with Gasteiger partial charge in [0.05, 0.1) is 5.52 Å². The van der Waals surface area contributed by atoms with Crippen molar-refractivity contribution >= 4 is 61.7 Å². The summed E-state index contributed by atoms with van der Waals surface area (Å²) in [4.78, 5) is 22.3. The normalized spacial score (nSPS) is 10.6. The Balaban J connectivity index is 1.93. The molecule has 3 rings (SSSR count). The van der Waals surface area contributed by atoms with E-state index in [1.54, 1.807) is 7.05 Å². The maximum absolute atomic E-state index is 12.2. The van der Waals surface area contributed by atoms with Crippen LogP contribution in [0.25, 0.3) is 10.9 Å². The third-order valence-corrected chi connectivity index (χ3v) is 4.45. The first kappa shape index (κ1) is 18.4. The van der Waals surface area contributed by atoms with Crippen molar-refractivity contribution in [3.8, 4) is 0 Å². The fraction of sp³-hybridized carbons (Fsp3) is 0.167. The molecule has 2 N–H and O–H groups in total. The van der Waals surface area contributed by atoms with Crippen LogP contribution in [0.3, 0.4) is 0 Å². The Hall–Kier alpha value is -2.38. The highest BCUT2D eigenvalue weighted by Gasteiger charge is 2.12. The summed E-state index contributed by atoms with van der Waals surface area (Å²) in [5.74, 6) is 1.04. The van der Waals surface area contributed by atoms with Gasteiger partial charge in [-0.2, -0.15) is 0 Å². The lowest BCUT2D eigenvalue weighted by atomic mass is 10.2. The lowest BCUT2D eigenvalue weighted by Crippen LogP contribution is -2.38. The van der Waals surface area contributed by atoms with Crippen LogP contribution in [0.5, 0.6) is 0 Å². The maximum Gasteiger partial charge on any atom is 0.321 e. The number of hydrogen-bond acceptors (Lipinski definition) is 4. The Morgan fingerprint density at radius 2 is 2.08 bits per heavy atom. The van der Waals surface area contributed by atoms with E-state index in [2.05, 4.69) is 36.5 Å². The average molecular weight is 435 g/mol. The molecular weight excluding hydrogens is 418 g/mol. The van der Waals surface area contributed by atoms with E-state index in [0.717, 1.165) is 26.8 Å². The van der Waals surface area contributed by atoms with Crippen LogP contribution >= 0.6 is 27.5 Å². The smallest absolute Gasteiger partial charge is 0.321 e. The molecule has 134 valence electrons. The number of anilines is 3. The van der Waals surface area contributed by atoms with Crippen molar-refractivity contribution in [2.45, 2.75) is 0 Å². The number of aromatic nitrogens is 2. The van der Waals surface area contributed by atoms with Gasteiger partial charge >= 0.3 is 6.03 Å². The molecule has 8 heteroatoms. The van der Waals surface area contributed by atoms with E-state index >= 15 is 0 Å². The number of fused-ring (bicyclic) bond motifs is 1. The minimum atomic E-state index is -0.219. The Morgan fingerprint density at radius 3 is 2.85 bits per heavy atom. The number of nitrogens with zero attached hydrogens (tertiary/aromatic N) is 3. The zero-order valence-electron chi connectivity index (χ0n) is 14.0. The van der Waals surface area contributed by atoms with Crippen molar-refractivity contribution in [2.24, 2.45) is 0 Å². The van der Waals surface area contributed by atoms with Gasteiger partial charge in [-0.1, -0.05) is 22.0 Å². The summed E-state index contributed by atoms with van der Waals surface area (Å²) in [6.07, 6.45) is 1.51. The Kier molecular flexibility index (Phi) is 5.90. The van der Waals surface area contributed by atoms with Gasteiger partial charge in [-0.05, 0) is 36.4 Å². The SMILES string of the molecule is CN(C(=O)NCCCl)c1ccc2ncnc(Nc3cccc(Br)c3)c2c1. The molecule has 26 heavy (non-hydrogen) atoms. The largest absolute Gasteiger partial charge is 0.340 e. The van der Waals surface area contributed by atoms with Gasteiger partial charge < -0.3 is 10.6 Å². The molecular formula is C18H17BrClN5O.